The predicted octanol–water partition coefficient (Wildman–Crippen LogP) is 3.31. The lowest BCUT2D eigenvalue weighted by Gasteiger charge is -2.23. The molecule has 7 nitrogen and oxygen atoms in total. The van der Waals surface area contributed by atoms with Crippen molar-refractivity contribution in [2.45, 2.75) is 12.6 Å². The van der Waals surface area contributed by atoms with E-state index in [1.165, 1.54) is 18.3 Å². The first-order valence-corrected chi connectivity index (χ1v) is 8.95. The van der Waals surface area contributed by atoms with E-state index in [4.69, 9.17) is 9.15 Å². The largest absolute Gasteiger partial charge is 0.507 e. The van der Waals surface area contributed by atoms with Gasteiger partial charge in [0.2, 0.25) is 0 Å². The third kappa shape index (κ3) is 3.38. The van der Waals surface area contributed by atoms with Crippen LogP contribution in [0.25, 0.3) is 5.76 Å². The van der Waals surface area contributed by atoms with Gasteiger partial charge in [-0.2, -0.15) is 0 Å². The summed E-state index contributed by atoms with van der Waals surface area (Å²) in [6, 6.07) is 12.7. The number of aliphatic hydroxyl groups excluding tert-OH is 1. The fourth-order valence-electron chi connectivity index (χ4n) is 3.40. The van der Waals surface area contributed by atoms with Crippen LogP contribution in [0.5, 0.6) is 5.75 Å². The van der Waals surface area contributed by atoms with Gasteiger partial charge in [-0.1, -0.05) is 18.2 Å². The molecule has 29 heavy (non-hydrogen) atoms. The molecule has 1 aliphatic rings. The number of ether oxygens (including phenoxy) is 1. The number of aliphatic hydroxyl groups is 1. The zero-order valence-corrected chi connectivity index (χ0v) is 15.6. The summed E-state index contributed by atoms with van der Waals surface area (Å²) in [5.41, 5.74) is 1.11. The predicted molar refractivity (Wildman–Crippen MR) is 104 cm³/mol. The fourth-order valence-corrected chi connectivity index (χ4v) is 3.40. The van der Waals surface area contributed by atoms with Gasteiger partial charge < -0.3 is 19.2 Å². The Morgan fingerprint density at radius 3 is 2.76 bits per heavy atom. The SMILES string of the molecule is COc1cccc(C(O)=C2C(=O)C(=O)N(Cc3cccnc3)[C@@H]2c2ccco2)c1. The topological polar surface area (TPSA) is 92.9 Å². The molecule has 0 unspecified atom stereocenters. The van der Waals surface area contributed by atoms with Crippen molar-refractivity contribution in [3.8, 4) is 5.75 Å². The number of methoxy groups -OCH3 is 1. The summed E-state index contributed by atoms with van der Waals surface area (Å²) < 4.78 is 10.7. The van der Waals surface area contributed by atoms with Crippen molar-refractivity contribution >= 4 is 17.4 Å². The van der Waals surface area contributed by atoms with Crippen molar-refractivity contribution in [3.63, 3.8) is 0 Å². The molecular formula is C22H18N2O5. The van der Waals surface area contributed by atoms with E-state index in [0.29, 0.717) is 17.1 Å². The van der Waals surface area contributed by atoms with E-state index in [2.05, 4.69) is 4.98 Å². The van der Waals surface area contributed by atoms with Crippen molar-refractivity contribution in [2.75, 3.05) is 7.11 Å². The van der Waals surface area contributed by atoms with Crippen molar-refractivity contribution in [3.05, 3.63) is 89.6 Å². The maximum atomic E-state index is 12.9. The number of nitrogens with zero attached hydrogens (tertiary/aromatic N) is 2. The van der Waals surface area contributed by atoms with E-state index >= 15 is 0 Å². The molecule has 3 aromatic rings. The van der Waals surface area contributed by atoms with Crippen LogP contribution in [0.4, 0.5) is 0 Å². The monoisotopic (exact) mass is 390 g/mol. The van der Waals surface area contributed by atoms with Gasteiger partial charge in [0.1, 0.15) is 23.3 Å². The van der Waals surface area contributed by atoms with Crippen LogP contribution >= 0.6 is 0 Å². The summed E-state index contributed by atoms with van der Waals surface area (Å²) in [5.74, 6) is -0.849. The Morgan fingerprint density at radius 1 is 1.21 bits per heavy atom. The Morgan fingerprint density at radius 2 is 2.07 bits per heavy atom. The van der Waals surface area contributed by atoms with Crippen molar-refractivity contribution in [1.29, 1.82) is 0 Å². The lowest BCUT2D eigenvalue weighted by atomic mass is 9.99. The number of carbonyl (C=O) groups is 2. The highest BCUT2D eigenvalue weighted by Crippen LogP contribution is 2.40. The lowest BCUT2D eigenvalue weighted by molar-refractivity contribution is -0.140. The summed E-state index contributed by atoms with van der Waals surface area (Å²) in [7, 11) is 1.51. The number of furan rings is 1. The normalized spacial score (nSPS) is 18.2. The number of likely N-dealkylation sites (tertiary alicyclic amines) is 1. The first-order chi connectivity index (χ1) is 14.1. The van der Waals surface area contributed by atoms with E-state index in [-0.39, 0.29) is 17.9 Å². The number of amides is 1. The van der Waals surface area contributed by atoms with Crippen LogP contribution in [0.1, 0.15) is 22.9 Å². The van der Waals surface area contributed by atoms with Crippen molar-refractivity contribution in [2.24, 2.45) is 0 Å². The summed E-state index contributed by atoms with van der Waals surface area (Å²) in [6.07, 6.45) is 4.72. The molecule has 0 spiro atoms. The van der Waals surface area contributed by atoms with Crippen LogP contribution in [0.15, 0.2) is 77.2 Å². The van der Waals surface area contributed by atoms with E-state index < -0.39 is 17.7 Å². The Labute approximate surface area is 166 Å². The van der Waals surface area contributed by atoms with Crippen LogP contribution in [-0.2, 0) is 16.1 Å². The van der Waals surface area contributed by atoms with Crippen LogP contribution in [0, 0.1) is 0 Å². The van der Waals surface area contributed by atoms with E-state index in [1.807, 2.05) is 6.07 Å². The van der Waals surface area contributed by atoms with E-state index in [1.54, 1.807) is 54.9 Å². The smallest absolute Gasteiger partial charge is 0.296 e. The third-order valence-electron chi connectivity index (χ3n) is 4.77. The molecule has 1 aromatic carbocycles. The average Bonchev–Trinajstić information content (AvgIpc) is 3.37. The van der Waals surface area contributed by atoms with Crippen LogP contribution < -0.4 is 4.74 Å². The van der Waals surface area contributed by atoms with Gasteiger partial charge in [-0.3, -0.25) is 14.6 Å². The number of ketones is 1. The molecule has 7 heteroatoms. The average molecular weight is 390 g/mol. The van der Waals surface area contributed by atoms with Gasteiger partial charge >= 0.3 is 0 Å². The number of rotatable bonds is 5. The molecule has 1 saturated heterocycles. The molecule has 2 aromatic heterocycles. The molecule has 1 atom stereocenters. The van der Waals surface area contributed by atoms with Crippen LogP contribution in [0.3, 0.4) is 0 Å². The summed E-state index contributed by atoms with van der Waals surface area (Å²) in [5, 5.41) is 11.0. The highest BCUT2D eigenvalue weighted by atomic mass is 16.5. The molecule has 146 valence electrons. The van der Waals surface area contributed by atoms with Gasteiger partial charge in [0.05, 0.1) is 18.9 Å². The lowest BCUT2D eigenvalue weighted by Crippen LogP contribution is -2.29. The van der Waals surface area contributed by atoms with Gasteiger partial charge in [-0.15, -0.1) is 0 Å². The zero-order chi connectivity index (χ0) is 20.4. The molecule has 1 amide bonds. The summed E-state index contributed by atoms with van der Waals surface area (Å²) >= 11 is 0. The third-order valence-corrected chi connectivity index (χ3v) is 4.77. The number of pyridine rings is 1. The van der Waals surface area contributed by atoms with Gasteiger partial charge in [0, 0.05) is 24.5 Å². The van der Waals surface area contributed by atoms with Gasteiger partial charge in [-0.25, -0.2) is 0 Å². The number of hydrogen-bond donors (Lipinski definition) is 1. The number of aromatic nitrogens is 1. The van der Waals surface area contributed by atoms with Gasteiger partial charge in [0.15, 0.2) is 0 Å². The second-order valence-corrected chi connectivity index (χ2v) is 6.54. The Balaban J connectivity index is 1.83. The summed E-state index contributed by atoms with van der Waals surface area (Å²) in [4.78, 5) is 31.1. The quantitative estimate of drug-likeness (QED) is 0.408. The first-order valence-electron chi connectivity index (χ1n) is 8.95. The maximum absolute atomic E-state index is 12.9. The van der Waals surface area contributed by atoms with Gasteiger partial charge in [0.25, 0.3) is 11.7 Å². The number of carbonyl (C=O) groups excluding carboxylic acids is 2. The highest BCUT2D eigenvalue weighted by Gasteiger charge is 2.47. The van der Waals surface area contributed by atoms with Crippen LogP contribution in [-0.4, -0.2) is 33.8 Å². The number of hydrogen-bond acceptors (Lipinski definition) is 6. The molecule has 0 bridgehead atoms. The molecule has 0 aliphatic carbocycles. The van der Waals surface area contributed by atoms with Crippen molar-refractivity contribution < 1.29 is 23.8 Å². The Kier molecular flexibility index (Phi) is 4.87. The minimum absolute atomic E-state index is 0.0258. The molecule has 4 rings (SSSR count). The molecule has 0 saturated carbocycles. The molecule has 3 heterocycles. The van der Waals surface area contributed by atoms with E-state index in [0.717, 1.165) is 5.56 Å². The number of Topliss-reactive ketones (excluding diaryl/α,β-unsaturated/α-hetero) is 1. The Bertz CT molecular complexity index is 1070. The maximum Gasteiger partial charge on any atom is 0.296 e. The fraction of sp³-hybridized carbons (Fsp3) is 0.136. The zero-order valence-electron chi connectivity index (χ0n) is 15.6. The van der Waals surface area contributed by atoms with Crippen LogP contribution in [0.2, 0.25) is 0 Å². The van der Waals surface area contributed by atoms with E-state index in [9.17, 15) is 14.7 Å². The Hall–Kier alpha value is -3.87. The standard InChI is InChI=1S/C22H18N2O5/c1-28-16-7-2-6-15(11-16)20(25)18-19(17-8-4-10-29-17)24(22(27)21(18)26)13-14-5-3-9-23-12-14/h2-12,19,25H,13H2,1H3/t19-/m1/s1. The molecule has 0 radical (unpaired) electrons. The minimum Gasteiger partial charge on any atom is -0.507 e. The molecule has 1 fully saturated rings. The van der Waals surface area contributed by atoms with Crippen molar-refractivity contribution in [1.82, 2.24) is 9.88 Å². The summed E-state index contributed by atoms with van der Waals surface area (Å²) in [6.45, 7) is 0.151. The minimum atomic E-state index is -0.851. The molecule has 1 aliphatic heterocycles. The van der Waals surface area contributed by atoms with Gasteiger partial charge in [-0.05, 0) is 35.9 Å². The first kappa shape index (κ1) is 18.5. The molecule has 1 N–H and O–H groups in total. The number of benzene rings is 1. The second-order valence-electron chi connectivity index (χ2n) is 6.54. The highest BCUT2D eigenvalue weighted by molar-refractivity contribution is 6.46. The second kappa shape index (κ2) is 7.63. The molecular weight excluding hydrogens is 372 g/mol.